The van der Waals surface area contributed by atoms with Gasteiger partial charge in [-0.1, -0.05) is 0 Å². The van der Waals surface area contributed by atoms with Crippen LogP contribution in [0.25, 0.3) is 10.8 Å². The van der Waals surface area contributed by atoms with Crippen LogP contribution in [0.2, 0.25) is 0 Å². The first kappa shape index (κ1) is 6.97. The first-order chi connectivity index (χ1) is 5.79. The SMILES string of the molecule is O=c1[nH]cc(F)c2ccncc12. The van der Waals surface area contributed by atoms with Gasteiger partial charge in [0.15, 0.2) is 0 Å². The molecular formula is C8H5FN2O. The number of rotatable bonds is 0. The summed E-state index contributed by atoms with van der Waals surface area (Å²) in [5, 5.41) is 0.575. The summed E-state index contributed by atoms with van der Waals surface area (Å²) in [7, 11) is 0. The molecule has 0 spiro atoms. The van der Waals surface area contributed by atoms with E-state index in [1.54, 1.807) is 0 Å². The highest BCUT2D eigenvalue weighted by Crippen LogP contribution is 2.09. The topological polar surface area (TPSA) is 45.8 Å². The van der Waals surface area contributed by atoms with Crippen molar-refractivity contribution in [3.05, 3.63) is 40.8 Å². The predicted molar refractivity (Wildman–Crippen MR) is 42.3 cm³/mol. The zero-order valence-corrected chi connectivity index (χ0v) is 6.04. The van der Waals surface area contributed by atoms with E-state index >= 15 is 0 Å². The first-order valence-electron chi connectivity index (χ1n) is 3.40. The van der Waals surface area contributed by atoms with E-state index in [0.717, 1.165) is 6.20 Å². The van der Waals surface area contributed by atoms with Gasteiger partial charge in [0.25, 0.3) is 5.56 Å². The van der Waals surface area contributed by atoms with Crippen LogP contribution >= 0.6 is 0 Å². The third kappa shape index (κ3) is 0.887. The third-order valence-corrected chi connectivity index (χ3v) is 1.65. The van der Waals surface area contributed by atoms with Crippen LogP contribution in [-0.2, 0) is 0 Å². The maximum Gasteiger partial charge on any atom is 0.257 e. The minimum Gasteiger partial charge on any atom is -0.326 e. The van der Waals surface area contributed by atoms with Crippen molar-refractivity contribution in [2.24, 2.45) is 0 Å². The number of hydrogen-bond donors (Lipinski definition) is 1. The third-order valence-electron chi connectivity index (χ3n) is 1.65. The van der Waals surface area contributed by atoms with Gasteiger partial charge in [-0.15, -0.1) is 0 Å². The van der Waals surface area contributed by atoms with Gasteiger partial charge in [0, 0.05) is 24.0 Å². The fraction of sp³-hybridized carbons (Fsp3) is 0. The Morgan fingerprint density at radius 1 is 1.42 bits per heavy atom. The summed E-state index contributed by atoms with van der Waals surface area (Å²) in [4.78, 5) is 17.1. The van der Waals surface area contributed by atoms with Gasteiger partial charge in [0.05, 0.1) is 5.39 Å². The van der Waals surface area contributed by atoms with Crippen LogP contribution in [0.1, 0.15) is 0 Å². The molecular weight excluding hydrogens is 159 g/mol. The van der Waals surface area contributed by atoms with Gasteiger partial charge >= 0.3 is 0 Å². The molecule has 0 aliphatic rings. The molecule has 0 unspecified atom stereocenters. The summed E-state index contributed by atoms with van der Waals surface area (Å²) < 4.78 is 13.0. The molecule has 0 aromatic carbocycles. The summed E-state index contributed by atoms with van der Waals surface area (Å²) in [5.74, 6) is -0.438. The molecule has 0 fully saturated rings. The summed E-state index contributed by atoms with van der Waals surface area (Å²) >= 11 is 0. The highest BCUT2D eigenvalue weighted by atomic mass is 19.1. The van der Waals surface area contributed by atoms with E-state index in [4.69, 9.17) is 0 Å². The second-order valence-corrected chi connectivity index (χ2v) is 2.39. The van der Waals surface area contributed by atoms with E-state index in [1.807, 2.05) is 0 Å². The second-order valence-electron chi connectivity index (χ2n) is 2.39. The Kier molecular flexibility index (Phi) is 1.40. The largest absolute Gasteiger partial charge is 0.326 e. The van der Waals surface area contributed by atoms with Crippen LogP contribution in [0.5, 0.6) is 0 Å². The van der Waals surface area contributed by atoms with Gasteiger partial charge in [0.1, 0.15) is 5.82 Å². The van der Waals surface area contributed by atoms with Crippen LogP contribution in [0.3, 0.4) is 0 Å². The number of aromatic nitrogens is 2. The monoisotopic (exact) mass is 164 g/mol. The molecule has 0 atom stereocenters. The molecule has 12 heavy (non-hydrogen) atoms. The number of aromatic amines is 1. The van der Waals surface area contributed by atoms with Gasteiger partial charge in [-0.05, 0) is 6.07 Å². The van der Waals surface area contributed by atoms with Crippen molar-refractivity contribution < 1.29 is 4.39 Å². The smallest absolute Gasteiger partial charge is 0.257 e. The quantitative estimate of drug-likeness (QED) is 0.632. The molecule has 4 heteroatoms. The molecule has 2 rings (SSSR count). The second kappa shape index (κ2) is 2.41. The van der Waals surface area contributed by atoms with E-state index in [2.05, 4.69) is 9.97 Å². The van der Waals surface area contributed by atoms with Gasteiger partial charge < -0.3 is 4.98 Å². The van der Waals surface area contributed by atoms with Crippen molar-refractivity contribution in [1.29, 1.82) is 0 Å². The Balaban J connectivity index is 3.05. The lowest BCUT2D eigenvalue weighted by Crippen LogP contribution is -2.06. The minimum absolute atomic E-state index is 0.275. The molecule has 0 saturated heterocycles. The Bertz CT molecular complexity index is 478. The van der Waals surface area contributed by atoms with Gasteiger partial charge in [-0.3, -0.25) is 9.78 Å². The van der Waals surface area contributed by atoms with Crippen molar-refractivity contribution in [1.82, 2.24) is 9.97 Å². The molecule has 0 aliphatic heterocycles. The average molecular weight is 164 g/mol. The number of halogens is 1. The van der Waals surface area contributed by atoms with E-state index < -0.39 is 5.82 Å². The van der Waals surface area contributed by atoms with Crippen molar-refractivity contribution >= 4 is 10.8 Å². The summed E-state index contributed by atoms with van der Waals surface area (Å²) in [6.07, 6.45) is 3.84. The van der Waals surface area contributed by atoms with E-state index in [0.29, 0.717) is 5.39 Å². The Morgan fingerprint density at radius 2 is 2.25 bits per heavy atom. The van der Waals surface area contributed by atoms with Crippen LogP contribution in [-0.4, -0.2) is 9.97 Å². The van der Waals surface area contributed by atoms with Gasteiger partial charge in [0.2, 0.25) is 0 Å². The fourth-order valence-electron chi connectivity index (χ4n) is 1.07. The number of pyridine rings is 2. The maximum absolute atomic E-state index is 13.0. The molecule has 0 aliphatic carbocycles. The van der Waals surface area contributed by atoms with Gasteiger partial charge in [-0.25, -0.2) is 4.39 Å². The Morgan fingerprint density at radius 3 is 3.00 bits per heavy atom. The first-order valence-corrected chi connectivity index (χ1v) is 3.40. The summed E-state index contributed by atoms with van der Waals surface area (Å²) in [6, 6.07) is 1.47. The van der Waals surface area contributed by atoms with Crippen LogP contribution < -0.4 is 5.56 Å². The molecule has 0 bridgehead atoms. The Hall–Kier alpha value is -1.71. The normalized spacial score (nSPS) is 10.4. The zero-order valence-electron chi connectivity index (χ0n) is 6.04. The van der Waals surface area contributed by atoms with Gasteiger partial charge in [-0.2, -0.15) is 0 Å². The molecule has 0 radical (unpaired) electrons. The molecule has 1 N–H and O–H groups in total. The standard InChI is InChI=1S/C8H5FN2O/c9-7-4-11-8(12)6-3-10-2-1-5(6)7/h1-4H,(H,11,12). The van der Waals surface area contributed by atoms with E-state index in [9.17, 15) is 9.18 Å². The highest BCUT2D eigenvalue weighted by Gasteiger charge is 2.01. The number of nitrogens with zero attached hydrogens (tertiary/aromatic N) is 1. The fourth-order valence-corrected chi connectivity index (χ4v) is 1.07. The van der Waals surface area contributed by atoms with E-state index in [-0.39, 0.29) is 10.9 Å². The number of nitrogens with one attached hydrogen (secondary N) is 1. The number of H-pyrrole nitrogens is 1. The van der Waals surface area contributed by atoms with Crippen LogP contribution in [0.15, 0.2) is 29.5 Å². The summed E-state index contributed by atoms with van der Waals surface area (Å²) in [5.41, 5.74) is -0.320. The van der Waals surface area contributed by atoms with Crippen molar-refractivity contribution in [3.8, 4) is 0 Å². The van der Waals surface area contributed by atoms with Crippen molar-refractivity contribution in [2.45, 2.75) is 0 Å². The van der Waals surface area contributed by atoms with E-state index in [1.165, 1.54) is 18.5 Å². The lowest BCUT2D eigenvalue weighted by atomic mass is 10.2. The molecule has 0 saturated carbocycles. The van der Waals surface area contributed by atoms with Crippen LogP contribution in [0.4, 0.5) is 4.39 Å². The lowest BCUT2D eigenvalue weighted by molar-refractivity contribution is 0.633. The number of hydrogen-bond acceptors (Lipinski definition) is 2. The average Bonchev–Trinajstić information content (AvgIpc) is 2.12. The molecule has 2 aromatic rings. The highest BCUT2D eigenvalue weighted by molar-refractivity contribution is 5.80. The molecule has 60 valence electrons. The minimum atomic E-state index is -0.438. The number of fused-ring (bicyclic) bond motifs is 1. The summed E-state index contributed by atoms with van der Waals surface area (Å²) in [6.45, 7) is 0. The molecule has 3 nitrogen and oxygen atoms in total. The molecule has 2 heterocycles. The molecule has 2 aromatic heterocycles. The zero-order chi connectivity index (χ0) is 8.55. The maximum atomic E-state index is 13.0. The lowest BCUT2D eigenvalue weighted by Gasteiger charge is -1.95. The molecule has 0 amide bonds. The Labute approximate surface area is 66.9 Å². The predicted octanol–water partition coefficient (Wildman–Crippen LogP) is 1.06. The van der Waals surface area contributed by atoms with Crippen molar-refractivity contribution in [3.63, 3.8) is 0 Å². The van der Waals surface area contributed by atoms with Crippen LogP contribution in [0, 0.1) is 5.82 Å². The van der Waals surface area contributed by atoms with Crippen molar-refractivity contribution in [2.75, 3.05) is 0 Å².